The highest BCUT2D eigenvalue weighted by Crippen LogP contribution is 2.40. The Balaban J connectivity index is 1.81. The summed E-state index contributed by atoms with van der Waals surface area (Å²) in [5.74, 6) is -3.52. The Morgan fingerprint density at radius 1 is 0.900 bits per heavy atom. The van der Waals surface area contributed by atoms with Crippen LogP contribution in [0.2, 0.25) is 0 Å². The molecule has 0 aromatic rings. The van der Waals surface area contributed by atoms with E-state index < -0.39 is 91.0 Å². The molecule has 3 rings (SSSR count). The van der Waals surface area contributed by atoms with Crippen molar-refractivity contribution in [2.75, 3.05) is 19.8 Å². The summed E-state index contributed by atoms with van der Waals surface area (Å²) in [5, 5.41) is 13.6. The van der Waals surface area contributed by atoms with Crippen molar-refractivity contribution in [3.05, 3.63) is 0 Å². The lowest BCUT2D eigenvalue weighted by molar-refractivity contribution is -0.286. The van der Waals surface area contributed by atoms with Crippen LogP contribution in [0.1, 0.15) is 48.5 Å². The third kappa shape index (κ3) is 8.09. The van der Waals surface area contributed by atoms with E-state index in [0.29, 0.717) is 6.61 Å². The molecule has 3 aliphatic heterocycles. The molecule has 10 atom stereocenters. The summed E-state index contributed by atoms with van der Waals surface area (Å²) in [7, 11) is 0. The van der Waals surface area contributed by atoms with E-state index in [9.17, 15) is 24.3 Å². The average Bonchev–Trinajstić information content (AvgIpc) is 3.31. The molecule has 0 aromatic heterocycles. The molecule has 0 saturated carbocycles. The lowest BCUT2D eigenvalue weighted by atomic mass is 9.96. The number of rotatable bonds is 11. The molecule has 0 aliphatic carbocycles. The van der Waals surface area contributed by atoms with E-state index in [1.165, 1.54) is 13.8 Å². The first kappa shape index (κ1) is 32.1. The van der Waals surface area contributed by atoms with E-state index in [-0.39, 0.29) is 13.2 Å². The fraction of sp³-hybridized carbons (Fsp3) is 0.840. The highest BCUT2D eigenvalue weighted by molar-refractivity contribution is 5.73. The van der Waals surface area contributed by atoms with Gasteiger partial charge in [0.1, 0.15) is 43.2 Å². The second kappa shape index (κ2) is 13.5. The van der Waals surface area contributed by atoms with E-state index in [4.69, 9.17) is 42.6 Å². The predicted octanol–water partition coefficient (Wildman–Crippen LogP) is -0.698. The van der Waals surface area contributed by atoms with Gasteiger partial charge in [-0.3, -0.25) is 19.2 Å². The maximum absolute atomic E-state index is 12.1. The number of fused-ring (bicyclic) bond motifs is 1. The Morgan fingerprint density at radius 3 is 2.12 bits per heavy atom. The number of nitrogens with one attached hydrogen (secondary N) is 1. The van der Waals surface area contributed by atoms with Gasteiger partial charge in [0.15, 0.2) is 30.6 Å². The number of carbonyl (C=O) groups excluding carboxylic acids is 4. The molecule has 0 bridgehead atoms. The summed E-state index contributed by atoms with van der Waals surface area (Å²) >= 11 is 0. The highest BCUT2D eigenvalue weighted by atomic mass is 16.8. The summed E-state index contributed by atoms with van der Waals surface area (Å²) in [4.78, 5) is 47.5. The molecule has 0 radical (unpaired) electrons. The minimum Gasteiger partial charge on any atom is -0.463 e. The molecule has 15 heteroatoms. The molecule has 0 aromatic carbocycles. The normalized spacial score (nSPS) is 35.4. The first-order chi connectivity index (χ1) is 18.7. The van der Waals surface area contributed by atoms with Crippen LogP contribution in [0.4, 0.5) is 0 Å². The minimum atomic E-state index is -1.34. The van der Waals surface area contributed by atoms with Crippen LogP contribution in [0, 0.1) is 0 Å². The van der Waals surface area contributed by atoms with Gasteiger partial charge in [-0.2, -0.15) is 0 Å². The number of esters is 3. The molecule has 0 unspecified atom stereocenters. The SMILES string of the molecule is CCO[C@@H]1[C@H]([C@H](O)CO[C@@H]2O[C@H](COC(C)=O)[C@H](OC(C)=O)[C@H](OC(C)=O)[C@@H]2NC(C)=O)O[C@H]2OC(C)(C)O[C@@H]21. The third-order valence-corrected chi connectivity index (χ3v) is 6.27. The zero-order valence-electron chi connectivity index (χ0n) is 23.6. The standard InChI is InChI=1S/C25H39NO14/c1-8-32-21-18(38-24-22(21)39-25(6,7)40-24)15(31)9-34-23-17(26-11(2)27)20(36-14(5)30)19(35-13(4)29)16(37-23)10-33-12(3)28/h15-24,31H,8-10H2,1-7H3,(H,26,27)/t15-,16-,17+,18+,19+,20-,21-,22-,23-,24+/m1/s1. The quantitative estimate of drug-likeness (QED) is 0.232. The van der Waals surface area contributed by atoms with Gasteiger partial charge >= 0.3 is 17.9 Å². The van der Waals surface area contributed by atoms with Gasteiger partial charge in [-0.15, -0.1) is 0 Å². The molecule has 0 spiro atoms. The monoisotopic (exact) mass is 577 g/mol. The first-order valence-corrected chi connectivity index (χ1v) is 13.0. The molecule has 1 amide bonds. The number of aliphatic hydroxyl groups is 1. The summed E-state index contributed by atoms with van der Waals surface area (Å²) in [6.45, 7) is 9.50. The maximum atomic E-state index is 12.1. The van der Waals surface area contributed by atoms with Crippen LogP contribution in [0.15, 0.2) is 0 Å². The number of hydrogen-bond donors (Lipinski definition) is 2. The van der Waals surface area contributed by atoms with Gasteiger partial charge in [0.25, 0.3) is 0 Å². The summed E-state index contributed by atoms with van der Waals surface area (Å²) < 4.78 is 51.1. The van der Waals surface area contributed by atoms with Gasteiger partial charge < -0.3 is 53.1 Å². The number of hydrogen-bond acceptors (Lipinski definition) is 14. The maximum Gasteiger partial charge on any atom is 0.303 e. The van der Waals surface area contributed by atoms with E-state index in [1.54, 1.807) is 20.8 Å². The second-order valence-corrected chi connectivity index (χ2v) is 10.1. The summed E-state index contributed by atoms with van der Waals surface area (Å²) in [6, 6.07) is -1.18. The molecule has 3 aliphatic rings. The fourth-order valence-corrected chi connectivity index (χ4v) is 4.92. The van der Waals surface area contributed by atoms with E-state index >= 15 is 0 Å². The number of carbonyl (C=O) groups is 4. The largest absolute Gasteiger partial charge is 0.463 e. The van der Waals surface area contributed by atoms with Crippen LogP contribution in [-0.2, 0) is 61.8 Å². The average molecular weight is 578 g/mol. The van der Waals surface area contributed by atoms with Crippen LogP contribution < -0.4 is 5.32 Å². The van der Waals surface area contributed by atoms with Crippen LogP contribution in [-0.4, -0.2) is 116 Å². The first-order valence-electron chi connectivity index (χ1n) is 13.0. The molecule has 15 nitrogen and oxygen atoms in total. The van der Waals surface area contributed by atoms with Gasteiger partial charge in [-0.05, 0) is 20.8 Å². The van der Waals surface area contributed by atoms with Crippen molar-refractivity contribution in [2.24, 2.45) is 0 Å². The van der Waals surface area contributed by atoms with Crippen LogP contribution >= 0.6 is 0 Å². The zero-order valence-corrected chi connectivity index (χ0v) is 23.6. The van der Waals surface area contributed by atoms with Crippen molar-refractivity contribution in [2.45, 2.75) is 116 Å². The number of ether oxygens (including phenoxy) is 9. The van der Waals surface area contributed by atoms with Crippen molar-refractivity contribution in [1.29, 1.82) is 0 Å². The van der Waals surface area contributed by atoms with E-state index in [2.05, 4.69) is 5.32 Å². The molecule has 3 fully saturated rings. The summed E-state index contributed by atoms with van der Waals surface area (Å²) in [6.07, 6.45) is -9.24. The smallest absolute Gasteiger partial charge is 0.303 e. The Labute approximate surface area is 231 Å². The summed E-state index contributed by atoms with van der Waals surface area (Å²) in [5.41, 5.74) is 0. The van der Waals surface area contributed by atoms with Crippen molar-refractivity contribution < 1.29 is 66.9 Å². The lowest BCUT2D eigenvalue weighted by Crippen LogP contribution is -2.66. The van der Waals surface area contributed by atoms with Crippen LogP contribution in [0.3, 0.4) is 0 Å². The number of aliphatic hydroxyl groups excluding tert-OH is 1. The lowest BCUT2D eigenvalue weighted by Gasteiger charge is -2.45. The Kier molecular flexibility index (Phi) is 10.8. The minimum absolute atomic E-state index is 0.320. The van der Waals surface area contributed by atoms with Crippen LogP contribution in [0.5, 0.6) is 0 Å². The van der Waals surface area contributed by atoms with Gasteiger partial charge in [-0.25, -0.2) is 0 Å². The van der Waals surface area contributed by atoms with Crippen molar-refractivity contribution in [1.82, 2.24) is 5.32 Å². The Hall–Kier alpha value is -2.40. The molecule has 2 N–H and O–H groups in total. The van der Waals surface area contributed by atoms with Gasteiger partial charge in [0.2, 0.25) is 5.91 Å². The Bertz CT molecular complexity index is 927. The molecule has 228 valence electrons. The molecular weight excluding hydrogens is 538 g/mol. The second-order valence-electron chi connectivity index (χ2n) is 10.1. The molecule has 40 heavy (non-hydrogen) atoms. The van der Waals surface area contributed by atoms with Crippen LogP contribution in [0.25, 0.3) is 0 Å². The predicted molar refractivity (Wildman–Crippen MR) is 130 cm³/mol. The molecular formula is C25H39NO14. The molecule has 3 heterocycles. The van der Waals surface area contributed by atoms with Gasteiger partial charge in [0, 0.05) is 34.3 Å². The zero-order chi connectivity index (χ0) is 29.8. The highest BCUT2D eigenvalue weighted by Gasteiger charge is 2.57. The number of amides is 1. The van der Waals surface area contributed by atoms with Gasteiger partial charge in [0.05, 0.1) is 6.61 Å². The van der Waals surface area contributed by atoms with Crippen molar-refractivity contribution in [3.8, 4) is 0 Å². The van der Waals surface area contributed by atoms with Gasteiger partial charge in [-0.1, -0.05) is 0 Å². The van der Waals surface area contributed by atoms with E-state index in [1.807, 2.05) is 0 Å². The van der Waals surface area contributed by atoms with Crippen molar-refractivity contribution >= 4 is 23.8 Å². The fourth-order valence-electron chi connectivity index (χ4n) is 4.92. The topological polar surface area (TPSA) is 184 Å². The molecule has 3 saturated heterocycles. The van der Waals surface area contributed by atoms with Crippen molar-refractivity contribution in [3.63, 3.8) is 0 Å². The Morgan fingerprint density at radius 2 is 1.55 bits per heavy atom. The third-order valence-electron chi connectivity index (χ3n) is 6.27. The van der Waals surface area contributed by atoms with E-state index in [0.717, 1.165) is 13.8 Å².